The van der Waals surface area contributed by atoms with Crippen molar-refractivity contribution in [2.75, 3.05) is 19.6 Å². The van der Waals surface area contributed by atoms with Gasteiger partial charge in [0.25, 0.3) is 0 Å². The molecule has 3 heteroatoms. The number of benzene rings is 2. The highest BCUT2D eigenvalue weighted by Gasteiger charge is 2.22. The molecule has 3 nitrogen and oxygen atoms in total. The molecule has 124 valence electrons. The Hall–Kier alpha value is -2.26. The quantitative estimate of drug-likeness (QED) is 0.746. The lowest BCUT2D eigenvalue weighted by molar-refractivity contribution is 0.328. The van der Waals surface area contributed by atoms with Gasteiger partial charge in [0, 0.05) is 30.2 Å². The molecule has 2 N–H and O–H groups in total. The van der Waals surface area contributed by atoms with Gasteiger partial charge in [-0.25, -0.2) is 0 Å². The molecule has 1 unspecified atom stereocenters. The largest absolute Gasteiger partial charge is 0.508 e. The van der Waals surface area contributed by atoms with Crippen LogP contribution in [0.3, 0.4) is 0 Å². The van der Waals surface area contributed by atoms with E-state index in [-0.39, 0.29) is 0 Å². The molecule has 2 aromatic carbocycles. The number of aromatic hydroxyl groups is 1. The highest BCUT2D eigenvalue weighted by Crippen LogP contribution is 2.23. The monoisotopic (exact) mass is 320 g/mol. The predicted molar refractivity (Wildman–Crippen MR) is 98.4 cm³/mol. The molecule has 0 amide bonds. The zero-order chi connectivity index (χ0) is 16.4. The second kappa shape index (κ2) is 6.70. The first-order valence-electron chi connectivity index (χ1n) is 8.83. The Balaban J connectivity index is 1.31. The molecule has 0 saturated carbocycles. The van der Waals surface area contributed by atoms with Gasteiger partial charge in [-0.05, 0) is 61.1 Å². The van der Waals surface area contributed by atoms with Gasteiger partial charge in [-0.15, -0.1) is 0 Å². The summed E-state index contributed by atoms with van der Waals surface area (Å²) in [4.78, 5) is 5.96. The van der Waals surface area contributed by atoms with E-state index in [4.69, 9.17) is 0 Å². The van der Waals surface area contributed by atoms with Crippen molar-refractivity contribution in [3.63, 3.8) is 0 Å². The maximum Gasteiger partial charge on any atom is 0.115 e. The summed E-state index contributed by atoms with van der Waals surface area (Å²) in [5.41, 5.74) is 3.99. The van der Waals surface area contributed by atoms with Crippen LogP contribution in [0.25, 0.3) is 10.9 Å². The lowest BCUT2D eigenvalue weighted by Crippen LogP contribution is -2.23. The summed E-state index contributed by atoms with van der Waals surface area (Å²) in [5, 5.41) is 10.7. The van der Waals surface area contributed by atoms with E-state index in [1.54, 1.807) is 12.1 Å². The van der Waals surface area contributed by atoms with Crippen LogP contribution in [0.15, 0.2) is 54.7 Å². The van der Waals surface area contributed by atoms with Gasteiger partial charge in [-0.1, -0.05) is 30.3 Å². The fourth-order valence-corrected chi connectivity index (χ4v) is 3.86. The molecule has 0 aliphatic carbocycles. The first-order chi connectivity index (χ1) is 11.8. The van der Waals surface area contributed by atoms with E-state index in [1.165, 1.54) is 41.5 Å². The third-order valence-electron chi connectivity index (χ3n) is 5.20. The third kappa shape index (κ3) is 3.31. The summed E-state index contributed by atoms with van der Waals surface area (Å²) < 4.78 is 0. The van der Waals surface area contributed by atoms with Crippen molar-refractivity contribution >= 4 is 10.9 Å². The Bertz CT molecular complexity index is 806. The molecule has 2 heterocycles. The number of phenols is 1. The molecule has 0 radical (unpaired) electrons. The molecular weight excluding hydrogens is 296 g/mol. The van der Waals surface area contributed by atoms with Gasteiger partial charge in [0.2, 0.25) is 0 Å². The van der Waals surface area contributed by atoms with Crippen LogP contribution in [0.4, 0.5) is 0 Å². The van der Waals surface area contributed by atoms with Crippen LogP contribution in [0.1, 0.15) is 17.5 Å². The molecular formula is C21H24N2O. The Kier molecular flexibility index (Phi) is 4.26. The molecule has 1 aliphatic heterocycles. The van der Waals surface area contributed by atoms with Crippen LogP contribution in [-0.4, -0.2) is 34.6 Å². The van der Waals surface area contributed by atoms with Crippen LogP contribution in [0, 0.1) is 5.92 Å². The summed E-state index contributed by atoms with van der Waals surface area (Å²) >= 11 is 0. The number of nitrogens with one attached hydrogen (secondary N) is 1. The molecule has 3 aromatic rings. The Morgan fingerprint density at radius 2 is 1.92 bits per heavy atom. The molecule has 1 fully saturated rings. The van der Waals surface area contributed by atoms with Crippen LogP contribution >= 0.6 is 0 Å². The van der Waals surface area contributed by atoms with Crippen LogP contribution in [0.2, 0.25) is 0 Å². The van der Waals surface area contributed by atoms with E-state index in [2.05, 4.69) is 40.3 Å². The minimum Gasteiger partial charge on any atom is -0.508 e. The van der Waals surface area contributed by atoms with Crippen molar-refractivity contribution in [3.05, 3.63) is 65.9 Å². The molecule has 1 aliphatic rings. The molecule has 1 saturated heterocycles. The summed E-state index contributed by atoms with van der Waals surface area (Å²) in [7, 11) is 0. The number of aromatic nitrogens is 1. The van der Waals surface area contributed by atoms with Crippen LogP contribution < -0.4 is 0 Å². The number of aromatic amines is 1. The molecule has 0 spiro atoms. The fourth-order valence-electron chi connectivity index (χ4n) is 3.86. The number of para-hydroxylation sites is 1. The zero-order valence-corrected chi connectivity index (χ0v) is 13.9. The second-order valence-electron chi connectivity index (χ2n) is 6.94. The number of H-pyrrole nitrogens is 1. The van der Waals surface area contributed by atoms with Gasteiger partial charge in [0.15, 0.2) is 0 Å². The zero-order valence-electron chi connectivity index (χ0n) is 13.9. The lowest BCUT2D eigenvalue weighted by Gasteiger charge is -2.16. The summed E-state index contributed by atoms with van der Waals surface area (Å²) in [6.07, 6.45) is 5.66. The Labute approximate surface area is 142 Å². The summed E-state index contributed by atoms with van der Waals surface area (Å²) in [6.45, 7) is 3.52. The van der Waals surface area contributed by atoms with Crippen molar-refractivity contribution in [1.82, 2.24) is 9.88 Å². The fraction of sp³-hybridized carbons (Fsp3) is 0.333. The average molecular weight is 320 g/mol. The van der Waals surface area contributed by atoms with Crippen LogP contribution in [-0.2, 0) is 12.8 Å². The van der Waals surface area contributed by atoms with Gasteiger partial charge in [0.1, 0.15) is 5.75 Å². The number of likely N-dealkylation sites (tertiary alicyclic amines) is 1. The second-order valence-corrected chi connectivity index (χ2v) is 6.94. The average Bonchev–Trinajstić information content (AvgIpc) is 3.22. The van der Waals surface area contributed by atoms with E-state index in [1.807, 2.05) is 12.1 Å². The Morgan fingerprint density at radius 1 is 1.08 bits per heavy atom. The van der Waals surface area contributed by atoms with E-state index >= 15 is 0 Å². The van der Waals surface area contributed by atoms with Crippen molar-refractivity contribution in [1.29, 1.82) is 0 Å². The van der Waals surface area contributed by atoms with Crippen molar-refractivity contribution in [3.8, 4) is 5.75 Å². The highest BCUT2D eigenvalue weighted by molar-refractivity contribution is 5.83. The number of phenolic OH excluding ortho intramolecular Hbond substituents is 1. The van der Waals surface area contributed by atoms with Gasteiger partial charge in [-0.2, -0.15) is 0 Å². The molecule has 24 heavy (non-hydrogen) atoms. The number of hydrogen-bond acceptors (Lipinski definition) is 2. The first-order valence-corrected chi connectivity index (χ1v) is 8.83. The molecule has 1 atom stereocenters. The molecule has 0 bridgehead atoms. The van der Waals surface area contributed by atoms with Gasteiger partial charge < -0.3 is 15.0 Å². The third-order valence-corrected chi connectivity index (χ3v) is 5.20. The maximum atomic E-state index is 9.38. The minimum absolute atomic E-state index is 0.352. The smallest absolute Gasteiger partial charge is 0.115 e. The lowest BCUT2D eigenvalue weighted by atomic mass is 9.99. The predicted octanol–water partition coefficient (Wildman–Crippen LogP) is 3.98. The van der Waals surface area contributed by atoms with Crippen molar-refractivity contribution < 1.29 is 5.11 Å². The number of hydrogen-bond donors (Lipinski definition) is 2. The number of fused-ring (bicyclic) bond motifs is 1. The van der Waals surface area contributed by atoms with E-state index < -0.39 is 0 Å². The van der Waals surface area contributed by atoms with E-state index in [0.717, 1.165) is 25.3 Å². The maximum absolute atomic E-state index is 9.38. The van der Waals surface area contributed by atoms with Crippen LogP contribution in [0.5, 0.6) is 5.75 Å². The normalized spacial score (nSPS) is 18.4. The highest BCUT2D eigenvalue weighted by atomic mass is 16.3. The topological polar surface area (TPSA) is 39.3 Å². The summed E-state index contributed by atoms with van der Waals surface area (Å²) in [5.74, 6) is 1.09. The molecule has 1 aromatic heterocycles. The van der Waals surface area contributed by atoms with Crippen molar-refractivity contribution in [2.45, 2.75) is 19.3 Å². The van der Waals surface area contributed by atoms with Gasteiger partial charge in [-0.3, -0.25) is 0 Å². The minimum atomic E-state index is 0.352. The van der Waals surface area contributed by atoms with Crippen molar-refractivity contribution in [2.24, 2.45) is 5.92 Å². The SMILES string of the molecule is Oc1ccc(CC2CCN(CCc3c[nH]c4ccccc34)C2)cc1. The van der Waals surface area contributed by atoms with E-state index in [0.29, 0.717) is 5.75 Å². The van der Waals surface area contributed by atoms with Gasteiger partial charge >= 0.3 is 0 Å². The number of nitrogens with zero attached hydrogens (tertiary/aromatic N) is 1. The number of rotatable bonds is 5. The molecule has 4 rings (SSSR count). The van der Waals surface area contributed by atoms with Gasteiger partial charge in [0.05, 0.1) is 0 Å². The Morgan fingerprint density at radius 3 is 2.79 bits per heavy atom. The first kappa shape index (κ1) is 15.3. The summed E-state index contributed by atoms with van der Waals surface area (Å²) in [6, 6.07) is 16.2. The standard InChI is InChI=1S/C21H24N2O/c24-19-7-5-16(6-8-19)13-17-9-11-23(15-17)12-10-18-14-22-21-4-2-1-3-20(18)21/h1-8,14,17,22,24H,9-13,15H2. The van der Waals surface area contributed by atoms with E-state index in [9.17, 15) is 5.11 Å².